The topological polar surface area (TPSA) is 102 Å². The van der Waals surface area contributed by atoms with E-state index in [1.54, 1.807) is 0 Å². The van der Waals surface area contributed by atoms with Crippen LogP contribution in [0.25, 0.3) is 10.2 Å². The van der Waals surface area contributed by atoms with Crippen molar-refractivity contribution in [3.8, 4) is 0 Å². The molecule has 6 nitrogen and oxygen atoms in total. The highest BCUT2D eigenvalue weighted by molar-refractivity contribution is 7.19. The lowest BCUT2D eigenvalue weighted by Crippen LogP contribution is -2.55. The number of alkyl halides is 3. The minimum atomic E-state index is -4.55. The Balaban J connectivity index is 2.24. The monoisotopic (exact) mass is 358 g/mol. The van der Waals surface area contributed by atoms with Crippen molar-refractivity contribution < 1.29 is 22.8 Å². The van der Waals surface area contributed by atoms with E-state index in [2.05, 4.69) is 4.98 Å². The number of likely N-dealkylation sites (tertiary alicyclic amines) is 1. The molecule has 0 bridgehead atoms. The van der Waals surface area contributed by atoms with E-state index in [0.717, 1.165) is 11.0 Å². The summed E-state index contributed by atoms with van der Waals surface area (Å²) >= 11 is 0.715. The minimum absolute atomic E-state index is 0.0537. The van der Waals surface area contributed by atoms with Crippen molar-refractivity contribution in [2.24, 2.45) is 11.5 Å². The number of nitrogens with zero attached hydrogens (tertiary/aromatic N) is 2. The third-order valence-corrected chi connectivity index (χ3v) is 5.38. The van der Waals surface area contributed by atoms with Crippen LogP contribution in [0.3, 0.4) is 0 Å². The van der Waals surface area contributed by atoms with Gasteiger partial charge in [-0.2, -0.15) is 13.2 Å². The Hall–Kier alpha value is -2.36. The van der Waals surface area contributed by atoms with Crippen LogP contribution in [0.2, 0.25) is 0 Å². The number of carbonyl (C=O) groups excluding carboxylic acids is 2. The average molecular weight is 358 g/mol. The molecule has 2 heterocycles. The van der Waals surface area contributed by atoms with Gasteiger partial charge in [0.1, 0.15) is 5.01 Å². The van der Waals surface area contributed by atoms with Gasteiger partial charge in [-0.25, -0.2) is 9.78 Å². The Morgan fingerprint density at radius 1 is 1.29 bits per heavy atom. The number of aromatic nitrogens is 1. The molecule has 1 aliphatic heterocycles. The lowest BCUT2D eigenvalue weighted by Gasteiger charge is -2.32. The molecule has 0 saturated carbocycles. The quantitative estimate of drug-likeness (QED) is 0.860. The molecule has 128 valence electrons. The van der Waals surface area contributed by atoms with Gasteiger partial charge in [-0.3, -0.25) is 4.79 Å². The second-order valence-electron chi connectivity index (χ2n) is 5.49. The SMILES string of the molecule is NC(=O)N1CCCC1(C(N)=O)c1nc2cccc(C(F)(F)F)c2s1. The molecule has 2 aromatic rings. The summed E-state index contributed by atoms with van der Waals surface area (Å²) in [4.78, 5) is 29.0. The van der Waals surface area contributed by atoms with E-state index < -0.39 is 29.2 Å². The van der Waals surface area contributed by atoms with Gasteiger partial charge in [0.15, 0.2) is 5.54 Å². The number of carbonyl (C=O) groups is 2. The van der Waals surface area contributed by atoms with E-state index in [1.165, 1.54) is 12.1 Å². The van der Waals surface area contributed by atoms with Crippen molar-refractivity contribution in [2.45, 2.75) is 24.6 Å². The Morgan fingerprint density at radius 3 is 2.58 bits per heavy atom. The first-order valence-corrected chi connectivity index (χ1v) is 7.84. The fraction of sp³-hybridized carbons (Fsp3) is 0.357. The second kappa shape index (κ2) is 5.33. The zero-order chi connectivity index (χ0) is 17.7. The van der Waals surface area contributed by atoms with Gasteiger partial charge in [-0.05, 0) is 25.0 Å². The Bertz CT molecular complexity index is 835. The summed E-state index contributed by atoms with van der Waals surface area (Å²) in [5, 5.41) is 0.0537. The predicted octanol–water partition coefficient (Wildman–Crippen LogP) is 2.17. The number of nitrogens with two attached hydrogens (primary N) is 2. The molecular weight excluding hydrogens is 345 g/mol. The van der Waals surface area contributed by atoms with Gasteiger partial charge in [0, 0.05) is 6.54 Å². The zero-order valence-corrected chi connectivity index (χ0v) is 13.1. The lowest BCUT2D eigenvalue weighted by molar-refractivity contribution is -0.136. The van der Waals surface area contributed by atoms with E-state index in [-0.39, 0.29) is 28.2 Å². The zero-order valence-electron chi connectivity index (χ0n) is 12.3. The molecule has 0 radical (unpaired) electrons. The second-order valence-corrected chi connectivity index (χ2v) is 6.49. The summed E-state index contributed by atoms with van der Waals surface area (Å²) in [6.45, 7) is 0.195. The Morgan fingerprint density at radius 2 is 2.00 bits per heavy atom. The first-order valence-electron chi connectivity index (χ1n) is 7.02. The van der Waals surface area contributed by atoms with E-state index in [4.69, 9.17) is 11.5 Å². The fourth-order valence-corrected chi connectivity index (χ4v) is 4.38. The van der Waals surface area contributed by atoms with Crippen LogP contribution < -0.4 is 11.5 Å². The van der Waals surface area contributed by atoms with Crippen LogP contribution in [0, 0.1) is 0 Å². The van der Waals surface area contributed by atoms with Crippen molar-refractivity contribution >= 4 is 33.5 Å². The first-order chi connectivity index (χ1) is 11.2. The Labute approximate surface area is 138 Å². The Kier molecular flexibility index (Phi) is 3.67. The normalized spacial score (nSPS) is 21.4. The molecule has 24 heavy (non-hydrogen) atoms. The van der Waals surface area contributed by atoms with E-state index >= 15 is 0 Å². The number of fused-ring (bicyclic) bond motifs is 1. The maximum Gasteiger partial charge on any atom is 0.417 e. The van der Waals surface area contributed by atoms with Crippen molar-refractivity contribution in [3.63, 3.8) is 0 Å². The van der Waals surface area contributed by atoms with Gasteiger partial charge in [0.05, 0.1) is 15.8 Å². The van der Waals surface area contributed by atoms with Gasteiger partial charge in [0.25, 0.3) is 5.91 Å². The van der Waals surface area contributed by atoms with E-state index in [1.807, 2.05) is 0 Å². The van der Waals surface area contributed by atoms with Crippen LogP contribution >= 0.6 is 11.3 Å². The number of thiazole rings is 1. The van der Waals surface area contributed by atoms with Crippen LogP contribution in [-0.4, -0.2) is 28.4 Å². The van der Waals surface area contributed by atoms with Crippen LogP contribution in [0.15, 0.2) is 18.2 Å². The predicted molar refractivity (Wildman–Crippen MR) is 81.0 cm³/mol. The minimum Gasteiger partial charge on any atom is -0.367 e. The van der Waals surface area contributed by atoms with Gasteiger partial charge in [-0.15, -0.1) is 11.3 Å². The largest absolute Gasteiger partial charge is 0.417 e. The molecule has 10 heteroatoms. The van der Waals surface area contributed by atoms with Crippen LogP contribution in [0.1, 0.15) is 23.4 Å². The first kappa shape index (κ1) is 16.5. The number of urea groups is 1. The number of hydrogen-bond acceptors (Lipinski definition) is 4. The third-order valence-electron chi connectivity index (χ3n) is 4.13. The van der Waals surface area contributed by atoms with Gasteiger partial charge >= 0.3 is 12.2 Å². The van der Waals surface area contributed by atoms with Gasteiger partial charge < -0.3 is 16.4 Å². The average Bonchev–Trinajstić information content (AvgIpc) is 3.10. The van der Waals surface area contributed by atoms with Crippen LogP contribution in [0.4, 0.5) is 18.0 Å². The number of primary amides is 2. The van der Waals surface area contributed by atoms with Gasteiger partial charge in [-0.1, -0.05) is 6.07 Å². The molecule has 4 N–H and O–H groups in total. The summed E-state index contributed by atoms with van der Waals surface area (Å²) in [6.07, 6.45) is -3.93. The van der Waals surface area contributed by atoms with Crippen LogP contribution in [0.5, 0.6) is 0 Å². The van der Waals surface area contributed by atoms with Gasteiger partial charge in [0.2, 0.25) is 0 Å². The maximum absolute atomic E-state index is 13.2. The van der Waals surface area contributed by atoms with Crippen molar-refractivity contribution in [1.82, 2.24) is 9.88 Å². The van der Waals surface area contributed by atoms with Crippen molar-refractivity contribution in [3.05, 3.63) is 28.8 Å². The summed E-state index contributed by atoms with van der Waals surface area (Å²) in [6, 6.07) is 2.75. The highest BCUT2D eigenvalue weighted by Crippen LogP contribution is 2.44. The molecular formula is C14H13F3N4O2S. The number of benzene rings is 1. The molecule has 0 spiro atoms. The molecule has 0 aliphatic carbocycles. The molecule has 1 aromatic heterocycles. The summed E-state index contributed by atoms with van der Waals surface area (Å²) < 4.78 is 39.4. The van der Waals surface area contributed by atoms with Crippen molar-refractivity contribution in [2.75, 3.05) is 6.54 Å². The number of hydrogen-bond donors (Lipinski definition) is 2. The highest BCUT2D eigenvalue weighted by atomic mass is 32.1. The number of rotatable bonds is 2. The maximum atomic E-state index is 13.2. The third kappa shape index (κ3) is 2.29. The molecule has 1 fully saturated rings. The van der Waals surface area contributed by atoms with E-state index in [0.29, 0.717) is 17.8 Å². The molecule has 1 unspecified atom stereocenters. The fourth-order valence-electron chi connectivity index (χ4n) is 3.05. The molecule has 1 aliphatic rings. The molecule has 1 atom stereocenters. The molecule has 3 amide bonds. The number of amides is 3. The smallest absolute Gasteiger partial charge is 0.367 e. The molecule has 1 saturated heterocycles. The summed E-state index contributed by atoms with van der Waals surface area (Å²) in [5.41, 5.74) is 8.47. The summed E-state index contributed by atoms with van der Waals surface area (Å²) in [5.74, 6) is -0.855. The van der Waals surface area contributed by atoms with Crippen molar-refractivity contribution in [1.29, 1.82) is 0 Å². The number of halogens is 3. The molecule has 1 aromatic carbocycles. The lowest BCUT2D eigenvalue weighted by atomic mass is 9.96. The van der Waals surface area contributed by atoms with Crippen LogP contribution in [-0.2, 0) is 16.5 Å². The standard InChI is InChI=1S/C14H13F3N4O2S/c15-14(16,17)7-3-1-4-8-9(7)24-11(20-8)13(10(18)22)5-2-6-21(13)12(19)23/h1,3-4H,2,5-6H2,(H2,18,22)(H2,19,23). The summed E-state index contributed by atoms with van der Waals surface area (Å²) in [7, 11) is 0. The highest BCUT2D eigenvalue weighted by Gasteiger charge is 2.52. The van der Waals surface area contributed by atoms with E-state index in [9.17, 15) is 22.8 Å². The molecule has 3 rings (SSSR count).